The number of alkyl halides is 3. The third-order valence-corrected chi connectivity index (χ3v) is 7.46. The molecule has 0 saturated heterocycles. The van der Waals surface area contributed by atoms with Crippen LogP contribution in [-0.2, 0) is 16.2 Å². The number of sulfonamides is 1. The van der Waals surface area contributed by atoms with Crippen molar-refractivity contribution >= 4 is 50.0 Å². The second-order valence-electron chi connectivity index (χ2n) is 6.38. The summed E-state index contributed by atoms with van der Waals surface area (Å²) >= 11 is 7.26. The summed E-state index contributed by atoms with van der Waals surface area (Å²) in [5.41, 5.74) is -1.06. The number of amidine groups is 1. The van der Waals surface area contributed by atoms with Gasteiger partial charge in [-0.15, -0.1) is 0 Å². The predicted molar refractivity (Wildman–Crippen MR) is 112 cm³/mol. The first-order valence-electron chi connectivity index (χ1n) is 8.72. The molecule has 0 unspecified atom stereocenters. The maximum absolute atomic E-state index is 13.4. The van der Waals surface area contributed by atoms with E-state index < -0.39 is 21.8 Å². The molecule has 0 aromatic heterocycles. The first-order chi connectivity index (χ1) is 14.0. The minimum Gasteiger partial charge on any atom is -0.295 e. The van der Waals surface area contributed by atoms with Crippen LogP contribution in [0.3, 0.4) is 0 Å². The van der Waals surface area contributed by atoms with Crippen LogP contribution in [0.15, 0.2) is 52.4 Å². The molecular formula is C19H16ClF3N2O3S2. The molecule has 0 atom stereocenters. The molecule has 1 aliphatic heterocycles. The summed E-state index contributed by atoms with van der Waals surface area (Å²) < 4.78 is 67.4. The minimum atomic E-state index is -4.68. The zero-order chi connectivity index (χ0) is 22.1. The van der Waals surface area contributed by atoms with E-state index in [1.807, 2.05) is 0 Å². The van der Waals surface area contributed by atoms with Crippen LogP contribution in [0, 0.1) is 0 Å². The molecule has 160 valence electrons. The quantitative estimate of drug-likeness (QED) is 0.565. The SMILES string of the molecule is CC(=O)c1ccc(S(=O)(=O)N(C2=NCCCS2)c2cc(C(F)(F)F)ccc2Cl)cc1. The predicted octanol–water partition coefficient (Wildman–Crippen LogP) is 5.25. The fourth-order valence-electron chi connectivity index (χ4n) is 2.72. The van der Waals surface area contributed by atoms with E-state index in [0.29, 0.717) is 30.3 Å². The van der Waals surface area contributed by atoms with Crippen molar-refractivity contribution in [1.29, 1.82) is 0 Å². The number of hydrogen-bond acceptors (Lipinski definition) is 5. The zero-order valence-corrected chi connectivity index (χ0v) is 18.0. The molecule has 0 radical (unpaired) electrons. The smallest absolute Gasteiger partial charge is 0.295 e. The van der Waals surface area contributed by atoms with Gasteiger partial charge in [0.25, 0.3) is 10.0 Å². The third-order valence-electron chi connectivity index (χ3n) is 4.25. The van der Waals surface area contributed by atoms with Gasteiger partial charge in [0.05, 0.1) is 21.2 Å². The van der Waals surface area contributed by atoms with E-state index in [2.05, 4.69) is 4.99 Å². The molecule has 0 saturated carbocycles. The van der Waals surface area contributed by atoms with Crippen molar-refractivity contribution in [3.63, 3.8) is 0 Å². The molecule has 5 nitrogen and oxygen atoms in total. The lowest BCUT2D eigenvalue weighted by Crippen LogP contribution is -2.37. The maximum atomic E-state index is 13.4. The van der Waals surface area contributed by atoms with Crippen LogP contribution >= 0.6 is 23.4 Å². The summed E-state index contributed by atoms with van der Waals surface area (Å²) in [6.45, 7) is 1.68. The van der Waals surface area contributed by atoms with Gasteiger partial charge in [-0.3, -0.25) is 9.79 Å². The number of nitrogens with zero attached hydrogens (tertiary/aromatic N) is 2. The van der Waals surface area contributed by atoms with Gasteiger partial charge < -0.3 is 0 Å². The molecule has 30 heavy (non-hydrogen) atoms. The van der Waals surface area contributed by atoms with Crippen LogP contribution in [0.25, 0.3) is 0 Å². The number of benzene rings is 2. The molecule has 0 N–H and O–H groups in total. The van der Waals surface area contributed by atoms with Crippen molar-refractivity contribution in [2.75, 3.05) is 16.6 Å². The Hall–Kier alpha value is -2.04. The molecule has 2 aromatic carbocycles. The average molecular weight is 477 g/mol. The molecule has 11 heteroatoms. The molecule has 0 aliphatic carbocycles. The van der Waals surface area contributed by atoms with Crippen LogP contribution in [0.2, 0.25) is 5.02 Å². The number of halogens is 4. The Morgan fingerprint density at radius 3 is 2.37 bits per heavy atom. The number of thioether (sulfide) groups is 1. The Bertz CT molecular complexity index is 1100. The minimum absolute atomic E-state index is 0.0399. The second kappa shape index (κ2) is 8.60. The van der Waals surface area contributed by atoms with Gasteiger partial charge in [0.2, 0.25) is 0 Å². The molecule has 0 bridgehead atoms. The monoisotopic (exact) mass is 476 g/mol. The van der Waals surface area contributed by atoms with E-state index in [1.54, 1.807) is 0 Å². The fraction of sp³-hybridized carbons (Fsp3) is 0.263. The molecule has 0 fully saturated rings. The first-order valence-corrected chi connectivity index (χ1v) is 11.5. The number of ketones is 1. The lowest BCUT2D eigenvalue weighted by atomic mass is 10.2. The number of carbonyl (C=O) groups excluding carboxylic acids is 1. The van der Waals surface area contributed by atoms with Gasteiger partial charge in [-0.05, 0) is 43.7 Å². The van der Waals surface area contributed by atoms with Crippen molar-refractivity contribution in [1.82, 2.24) is 0 Å². The number of aliphatic imine (C=N–C) groups is 1. The zero-order valence-electron chi connectivity index (χ0n) is 15.6. The highest BCUT2D eigenvalue weighted by molar-refractivity contribution is 8.15. The number of hydrogen-bond donors (Lipinski definition) is 0. The van der Waals surface area contributed by atoms with E-state index in [4.69, 9.17) is 11.6 Å². The standard InChI is InChI=1S/C19H16ClF3N2O3S2/c1-12(26)13-3-6-15(7-4-13)30(27,28)25(18-24-9-2-10-29-18)17-11-14(19(21,22)23)5-8-16(17)20/h3-8,11H,2,9-10H2,1H3. The average Bonchev–Trinajstić information content (AvgIpc) is 2.69. The molecule has 0 spiro atoms. The molecule has 2 aromatic rings. The Morgan fingerprint density at radius 1 is 1.17 bits per heavy atom. The summed E-state index contributed by atoms with van der Waals surface area (Å²) in [7, 11) is -4.36. The normalized spacial score (nSPS) is 14.9. The number of carbonyl (C=O) groups is 1. The summed E-state index contributed by atoms with van der Waals surface area (Å²) in [6.07, 6.45) is -3.97. The Labute approximate surface area is 181 Å². The lowest BCUT2D eigenvalue weighted by Gasteiger charge is -2.28. The molecule has 1 aliphatic rings. The van der Waals surface area contributed by atoms with Crippen LogP contribution < -0.4 is 4.31 Å². The van der Waals surface area contributed by atoms with Gasteiger partial charge >= 0.3 is 6.18 Å². The summed E-state index contributed by atoms with van der Waals surface area (Å²) in [5.74, 6) is 0.314. The number of Topliss-reactive ketones (excluding diaryl/α,β-unsaturated/α-hetero) is 1. The van der Waals surface area contributed by atoms with Crippen LogP contribution in [0.1, 0.15) is 29.3 Å². The first kappa shape index (κ1) is 22.6. The van der Waals surface area contributed by atoms with Gasteiger partial charge in [0.1, 0.15) is 0 Å². The van der Waals surface area contributed by atoms with Crippen LogP contribution in [0.5, 0.6) is 0 Å². The third kappa shape index (κ3) is 4.65. The topological polar surface area (TPSA) is 66.8 Å². The maximum Gasteiger partial charge on any atom is 0.416 e. The summed E-state index contributed by atoms with van der Waals surface area (Å²) in [5, 5.41) is -0.126. The van der Waals surface area contributed by atoms with Crippen molar-refractivity contribution in [2.24, 2.45) is 4.99 Å². The highest BCUT2D eigenvalue weighted by atomic mass is 35.5. The van der Waals surface area contributed by atoms with Crippen molar-refractivity contribution in [2.45, 2.75) is 24.4 Å². The Balaban J connectivity index is 2.19. The lowest BCUT2D eigenvalue weighted by molar-refractivity contribution is -0.137. The van der Waals surface area contributed by atoms with Gasteiger partial charge in [0.15, 0.2) is 11.0 Å². The van der Waals surface area contributed by atoms with Gasteiger partial charge in [-0.2, -0.15) is 13.2 Å². The van der Waals surface area contributed by atoms with E-state index in [0.717, 1.165) is 28.2 Å². The number of anilines is 1. The fourth-order valence-corrected chi connectivity index (χ4v) is 5.64. The molecule has 3 rings (SSSR count). The van der Waals surface area contributed by atoms with Crippen molar-refractivity contribution < 1.29 is 26.4 Å². The van der Waals surface area contributed by atoms with E-state index >= 15 is 0 Å². The Morgan fingerprint density at radius 2 is 1.83 bits per heavy atom. The van der Waals surface area contributed by atoms with Crippen LogP contribution in [-0.4, -0.2) is 31.7 Å². The highest BCUT2D eigenvalue weighted by Crippen LogP contribution is 2.39. The van der Waals surface area contributed by atoms with E-state index in [9.17, 15) is 26.4 Å². The second-order valence-corrected chi connectivity index (χ2v) is 9.64. The van der Waals surface area contributed by atoms with Gasteiger partial charge in [-0.1, -0.05) is 35.5 Å². The largest absolute Gasteiger partial charge is 0.416 e. The van der Waals surface area contributed by atoms with E-state index in [1.165, 1.54) is 31.2 Å². The van der Waals surface area contributed by atoms with E-state index in [-0.39, 0.29) is 26.6 Å². The van der Waals surface area contributed by atoms with Crippen LogP contribution in [0.4, 0.5) is 18.9 Å². The molecular weight excluding hydrogens is 461 g/mol. The van der Waals surface area contributed by atoms with Crippen molar-refractivity contribution in [3.05, 3.63) is 58.6 Å². The summed E-state index contributed by atoms with van der Waals surface area (Å²) in [4.78, 5) is 15.5. The molecule has 1 heterocycles. The Kier molecular flexibility index (Phi) is 6.49. The highest BCUT2D eigenvalue weighted by Gasteiger charge is 2.36. The van der Waals surface area contributed by atoms with Crippen molar-refractivity contribution in [3.8, 4) is 0 Å². The van der Waals surface area contributed by atoms with Gasteiger partial charge in [-0.25, -0.2) is 12.7 Å². The van der Waals surface area contributed by atoms with Gasteiger partial charge in [0, 0.05) is 17.9 Å². The molecule has 0 amide bonds. The summed E-state index contributed by atoms with van der Waals surface area (Å²) in [6, 6.07) is 7.64. The number of rotatable bonds is 4.